The summed E-state index contributed by atoms with van der Waals surface area (Å²) in [5.74, 6) is 1.37. The van der Waals surface area contributed by atoms with E-state index in [-0.39, 0.29) is 0 Å². The lowest BCUT2D eigenvalue weighted by Crippen LogP contribution is -2.16. The summed E-state index contributed by atoms with van der Waals surface area (Å²) >= 11 is 3.58. The number of benzene rings is 1. The SMILES string of the molecule is CC[C@@H](C)Nc1nc(NCc2ccccc2Br)cc(-c2ccccn2)n1. The quantitative estimate of drug-likeness (QED) is 0.564. The number of rotatable bonds is 7. The molecule has 0 bridgehead atoms. The van der Waals surface area contributed by atoms with E-state index in [0.717, 1.165) is 28.1 Å². The molecule has 3 rings (SSSR count). The fraction of sp³-hybridized carbons (Fsp3) is 0.250. The summed E-state index contributed by atoms with van der Waals surface area (Å²) in [4.78, 5) is 13.7. The molecule has 0 amide bonds. The Balaban J connectivity index is 1.88. The Morgan fingerprint density at radius 1 is 1.04 bits per heavy atom. The average Bonchev–Trinajstić information content (AvgIpc) is 2.68. The zero-order chi connectivity index (χ0) is 18.4. The van der Waals surface area contributed by atoms with Crippen molar-refractivity contribution in [2.75, 3.05) is 10.6 Å². The number of halogens is 1. The number of nitrogens with zero attached hydrogens (tertiary/aromatic N) is 3. The summed E-state index contributed by atoms with van der Waals surface area (Å²) in [5, 5.41) is 6.75. The minimum atomic E-state index is 0.296. The average molecular weight is 412 g/mol. The van der Waals surface area contributed by atoms with E-state index in [4.69, 9.17) is 0 Å². The first-order valence-electron chi connectivity index (χ1n) is 8.70. The largest absolute Gasteiger partial charge is 0.366 e. The Labute approximate surface area is 162 Å². The van der Waals surface area contributed by atoms with Gasteiger partial charge in [-0.3, -0.25) is 4.98 Å². The van der Waals surface area contributed by atoms with Crippen molar-refractivity contribution in [2.45, 2.75) is 32.9 Å². The third-order valence-electron chi connectivity index (χ3n) is 4.06. The second-order valence-electron chi connectivity index (χ2n) is 6.08. The second kappa shape index (κ2) is 8.76. The van der Waals surface area contributed by atoms with E-state index in [1.54, 1.807) is 6.20 Å². The zero-order valence-corrected chi connectivity index (χ0v) is 16.5. The van der Waals surface area contributed by atoms with Crippen LogP contribution in [-0.2, 0) is 6.54 Å². The fourth-order valence-electron chi connectivity index (χ4n) is 2.40. The van der Waals surface area contributed by atoms with Gasteiger partial charge in [0.1, 0.15) is 5.82 Å². The van der Waals surface area contributed by atoms with E-state index < -0.39 is 0 Å². The molecule has 0 aliphatic carbocycles. The highest BCUT2D eigenvalue weighted by Gasteiger charge is 2.10. The molecule has 6 heteroatoms. The van der Waals surface area contributed by atoms with Crippen LogP contribution in [-0.4, -0.2) is 21.0 Å². The van der Waals surface area contributed by atoms with Crippen LogP contribution in [0.1, 0.15) is 25.8 Å². The predicted molar refractivity (Wildman–Crippen MR) is 110 cm³/mol. The van der Waals surface area contributed by atoms with Gasteiger partial charge in [-0.2, -0.15) is 4.98 Å². The van der Waals surface area contributed by atoms with Crippen molar-refractivity contribution in [3.8, 4) is 11.4 Å². The second-order valence-corrected chi connectivity index (χ2v) is 6.93. The van der Waals surface area contributed by atoms with Gasteiger partial charge >= 0.3 is 0 Å². The van der Waals surface area contributed by atoms with E-state index >= 15 is 0 Å². The van der Waals surface area contributed by atoms with Gasteiger partial charge in [0.05, 0.1) is 11.4 Å². The van der Waals surface area contributed by atoms with Gasteiger partial charge in [-0.15, -0.1) is 0 Å². The summed E-state index contributed by atoms with van der Waals surface area (Å²) in [7, 11) is 0. The van der Waals surface area contributed by atoms with Gasteiger partial charge in [0.2, 0.25) is 5.95 Å². The maximum atomic E-state index is 4.63. The highest BCUT2D eigenvalue weighted by molar-refractivity contribution is 9.10. The van der Waals surface area contributed by atoms with Crippen molar-refractivity contribution in [3.63, 3.8) is 0 Å². The van der Waals surface area contributed by atoms with Crippen LogP contribution < -0.4 is 10.6 Å². The number of hydrogen-bond donors (Lipinski definition) is 2. The minimum Gasteiger partial charge on any atom is -0.366 e. The highest BCUT2D eigenvalue weighted by Crippen LogP contribution is 2.22. The van der Waals surface area contributed by atoms with Crippen LogP contribution in [0, 0.1) is 0 Å². The van der Waals surface area contributed by atoms with Gasteiger partial charge in [-0.25, -0.2) is 4.98 Å². The van der Waals surface area contributed by atoms with Crippen molar-refractivity contribution in [3.05, 3.63) is 64.8 Å². The van der Waals surface area contributed by atoms with Gasteiger partial charge < -0.3 is 10.6 Å². The third-order valence-corrected chi connectivity index (χ3v) is 4.83. The molecule has 134 valence electrons. The highest BCUT2D eigenvalue weighted by atomic mass is 79.9. The Morgan fingerprint density at radius 3 is 2.58 bits per heavy atom. The molecule has 1 aromatic carbocycles. The molecule has 5 nitrogen and oxygen atoms in total. The van der Waals surface area contributed by atoms with E-state index in [1.165, 1.54) is 5.56 Å². The summed E-state index contributed by atoms with van der Waals surface area (Å²) in [6, 6.07) is 16.2. The smallest absolute Gasteiger partial charge is 0.225 e. The molecule has 2 aromatic heterocycles. The lowest BCUT2D eigenvalue weighted by Gasteiger charge is -2.14. The molecule has 0 aliphatic heterocycles. The third kappa shape index (κ3) is 4.79. The molecule has 0 saturated heterocycles. The van der Waals surface area contributed by atoms with E-state index in [0.29, 0.717) is 18.5 Å². The topological polar surface area (TPSA) is 62.7 Å². The Kier molecular flexibility index (Phi) is 6.17. The summed E-state index contributed by atoms with van der Waals surface area (Å²) < 4.78 is 1.07. The number of nitrogens with one attached hydrogen (secondary N) is 2. The molecule has 0 radical (unpaired) electrons. The lowest BCUT2D eigenvalue weighted by atomic mass is 10.2. The normalized spacial score (nSPS) is 11.8. The van der Waals surface area contributed by atoms with Crippen LogP contribution in [0.25, 0.3) is 11.4 Å². The first-order valence-corrected chi connectivity index (χ1v) is 9.49. The predicted octanol–water partition coefficient (Wildman–Crippen LogP) is 5.12. The van der Waals surface area contributed by atoms with E-state index in [2.05, 4.69) is 61.4 Å². The van der Waals surface area contributed by atoms with Gasteiger partial charge in [0.25, 0.3) is 0 Å². The van der Waals surface area contributed by atoms with Gasteiger partial charge in [-0.05, 0) is 37.1 Å². The van der Waals surface area contributed by atoms with Crippen LogP contribution >= 0.6 is 15.9 Å². The van der Waals surface area contributed by atoms with Crippen molar-refractivity contribution in [1.29, 1.82) is 0 Å². The number of pyridine rings is 1. The van der Waals surface area contributed by atoms with Crippen LogP contribution in [0.2, 0.25) is 0 Å². The van der Waals surface area contributed by atoms with Gasteiger partial charge in [0.15, 0.2) is 0 Å². The molecular formula is C20H22BrN5. The Bertz CT molecular complexity index is 854. The molecule has 0 fully saturated rings. The first-order chi connectivity index (χ1) is 12.7. The summed E-state index contributed by atoms with van der Waals surface area (Å²) in [6.45, 7) is 4.92. The minimum absolute atomic E-state index is 0.296. The standard InChI is InChI=1S/C20H22BrN5/c1-3-14(2)24-20-25-18(17-10-6-7-11-22-17)12-19(26-20)23-13-15-8-4-5-9-16(15)21/h4-12,14H,3,13H2,1-2H3,(H2,23,24,25,26)/t14-/m1/s1. The number of anilines is 2. The summed E-state index contributed by atoms with van der Waals surface area (Å²) in [6.07, 6.45) is 2.77. The van der Waals surface area contributed by atoms with Crippen LogP contribution in [0.15, 0.2) is 59.2 Å². The summed E-state index contributed by atoms with van der Waals surface area (Å²) in [5.41, 5.74) is 2.79. The monoisotopic (exact) mass is 411 g/mol. The molecular weight excluding hydrogens is 390 g/mol. The molecule has 2 N–H and O–H groups in total. The molecule has 0 aliphatic rings. The molecule has 1 atom stereocenters. The molecule has 2 heterocycles. The maximum absolute atomic E-state index is 4.63. The number of hydrogen-bond acceptors (Lipinski definition) is 5. The van der Waals surface area contributed by atoms with Crippen LogP contribution in [0.5, 0.6) is 0 Å². The molecule has 0 unspecified atom stereocenters. The fourth-order valence-corrected chi connectivity index (χ4v) is 2.82. The van der Waals surface area contributed by atoms with Crippen molar-refractivity contribution >= 4 is 27.7 Å². The molecule has 0 saturated carbocycles. The van der Waals surface area contributed by atoms with Crippen molar-refractivity contribution in [2.24, 2.45) is 0 Å². The van der Waals surface area contributed by atoms with Crippen LogP contribution in [0.3, 0.4) is 0 Å². The first kappa shape index (κ1) is 18.3. The Hall–Kier alpha value is -2.47. The molecule has 26 heavy (non-hydrogen) atoms. The lowest BCUT2D eigenvalue weighted by molar-refractivity contribution is 0.753. The van der Waals surface area contributed by atoms with E-state index in [9.17, 15) is 0 Å². The van der Waals surface area contributed by atoms with Crippen molar-refractivity contribution in [1.82, 2.24) is 15.0 Å². The molecule has 0 spiro atoms. The van der Waals surface area contributed by atoms with Gasteiger partial charge in [0, 0.05) is 29.3 Å². The van der Waals surface area contributed by atoms with Crippen LogP contribution in [0.4, 0.5) is 11.8 Å². The van der Waals surface area contributed by atoms with Gasteiger partial charge in [-0.1, -0.05) is 47.1 Å². The Morgan fingerprint density at radius 2 is 1.85 bits per heavy atom. The number of aromatic nitrogens is 3. The van der Waals surface area contributed by atoms with E-state index in [1.807, 2.05) is 42.5 Å². The zero-order valence-electron chi connectivity index (χ0n) is 14.9. The van der Waals surface area contributed by atoms with Crippen molar-refractivity contribution < 1.29 is 0 Å². The molecule has 3 aromatic rings. The maximum Gasteiger partial charge on any atom is 0.225 e.